The topological polar surface area (TPSA) is 110 Å². The third kappa shape index (κ3) is 4.55. The maximum Gasteiger partial charge on any atom is 0.243 e. The van der Waals surface area contributed by atoms with Gasteiger partial charge in [-0.2, -0.15) is 5.26 Å². The molecule has 8 heteroatoms. The number of piperidine rings is 1. The highest BCUT2D eigenvalue weighted by molar-refractivity contribution is 5.95. The number of para-hydroxylation sites is 1. The van der Waals surface area contributed by atoms with Crippen molar-refractivity contribution in [1.82, 2.24) is 15.0 Å². The molecule has 1 saturated heterocycles. The number of hydrogen-bond donors (Lipinski definition) is 3. The molecule has 0 bridgehead atoms. The molecule has 8 nitrogen and oxygen atoms in total. The first-order valence-electron chi connectivity index (χ1n) is 11.4. The Kier molecular flexibility index (Phi) is 6.08. The SMILES string of the molecule is N#Cc1ccccc1NC(=O)CNc1cccc(C2CCCN(c3ncnc4[nH]ccc34)C2)c1. The summed E-state index contributed by atoms with van der Waals surface area (Å²) in [5.41, 5.74) is 3.96. The maximum atomic E-state index is 12.4. The van der Waals surface area contributed by atoms with Crippen LogP contribution in [0.4, 0.5) is 17.2 Å². The fraction of sp³-hybridized carbons (Fsp3) is 0.231. The van der Waals surface area contributed by atoms with Gasteiger partial charge in [-0.05, 0) is 48.7 Å². The molecule has 3 heterocycles. The number of rotatable bonds is 6. The quantitative estimate of drug-likeness (QED) is 0.404. The summed E-state index contributed by atoms with van der Waals surface area (Å²) in [7, 11) is 0. The lowest BCUT2D eigenvalue weighted by Crippen LogP contribution is -2.35. The van der Waals surface area contributed by atoms with Gasteiger partial charge in [0.05, 0.1) is 23.2 Å². The lowest BCUT2D eigenvalue weighted by Gasteiger charge is -2.34. The second-order valence-corrected chi connectivity index (χ2v) is 8.41. The van der Waals surface area contributed by atoms with E-state index in [2.05, 4.69) is 48.7 Å². The summed E-state index contributed by atoms with van der Waals surface area (Å²) in [6.07, 6.45) is 5.70. The van der Waals surface area contributed by atoms with E-state index >= 15 is 0 Å². The van der Waals surface area contributed by atoms with Crippen molar-refractivity contribution in [3.63, 3.8) is 0 Å². The van der Waals surface area contributed by atoms with Crippen LogP contribution in [0, 0.1) is 11.3 Å². The van der Waals surface area contributed by atoms with E-state index in [0.717, 1.165) is 48.5 Å². The maximum absolute atomic E-state index is 12.4. The van der Waals surface area contributed by atoms with E-state index < -0.39 is 0 Å². The molecule has 2 aromatic carbocycles. The molecule has 1 atom stereocenters. The average molecular weight is 452 g/mol. The number of anilines is 3. The summed E-state index contributed by atoms with van der Waals surface area (Å²) in [6, 6.07) is 19.4. The molecule has 1 amide bonds. The molecule has 0 aliphatic carbocycles. The van der Waals surface area contributed by atoms with Crippen LogP contribution in [0.15, 0.2) is 67.1 Å². The average Bonchev–Trinajstić information content (AvgIpc) is 3.37. The first-order chi connectivity index (χ1) is 16.7. The van der Waals surface area contributed by atoms with Gasteiger partial charge in [-0.3, -0.25) is 4.79 Å². The second-order valence-electron chi connectivity index (χ2n) is 8.41. The van der Waals surface area contributed by atoms with Crippen LogP contribution in [0.25, 0.3) is 11.0 Å². The Balaban J connectivity index is 1.24. The Bertz CT molecular complexity index is 1360. The number of fused-ring (bicyclic) bond motifs is 1. The number of nitrogens with zero attached hydrogens (tertiary/aromatic N) is 4. The molecule has 1 aliphatic rings. The number of benzene rings is 2. The van der Waals surface area contributed by atoms with Gasteiger partial charge in [0.25, 0.3) is 0 Å². The number of hydrogen-bond acceptors (Lipinski definition) is 6. The Morgan fingerprint density at radius 1 is 1.18 bits per heavy atom. The van der Waals surface area contributed by atoms with Gasteiger partial charge < -0.3 is 20.5 Å². The zero-order chi connectivity index (χ0) is 23.3. The van der Waals surface area contributed by atoms with E-state index in [-0.39, 0.29) is 12.5 Å². The Hall–Kier alpha value is -4.38. The van der Waals surface area contributed by atoms with Crippen LogP contribution in [0.5, 0.6) is 0 Å². The smallest absolute Gasteiger partial charge is 0.243 e. The molecule has 1 aliphatic heterocycles. The molecule has 2 aromatic heterocycles. The van der Waals surface area contributed by atoms with Crippen LogP contribution in [0.3, 0.4) is 0 Å². The lowest BCUT2D eigenvalue weighted by atomic mass is 9.90. The van der Waals surface area contributed by atoms with Gasteiger partial charge in [0.1, 0.15) is 23.9 Å². The monoisotopic (exact) mass is 451 g/mol. The van der Waals surface area contributed by atoms with Crippen molar-refractivity contribution in [3.8, 4) is 6.07 Å². The summed E-state index contributed by atoms with van der Waals surface area (Å²) in [5.74, 6) is 1.14. The van der Waals surface area contributed by atoms with Crippen molar-refractivity contribution in [1.29, 1.82) is 5.26 Å². The molecule has 1 unspecified atom stereocenters. The number of nitrogens with one attached hydrogen (secondary N) is 3. The standard InChI is InChI=1S/C26H25N7O/c27-14-19-5-1-2-9-23(19)32-24(34)15-29-21-8-3-6-18(13-21)20-7-4-12-33(16-20)26-22-10-11-28-25(22)30-17-31-26/h1-3,5-6,8-11,13,17,20,29H,4,7,12,15-16H2,(H,32,34)(H,28,30,31). The van der Waals surface area contributed by atoms with Gasteiger partial charge in [0.2, 0.25) is 5.91 Å². The summed E-state index contributed by atoms with van der Waals surface area (Å²) in [5, 5.41) is 16.3. The van der Waals surface area contributed by atoms with Crippen LogP contribution in [-0.2, 0) is 4.79 Å². The number of H-pyrrole nitrogens is 1. The van der Waals surface area contributed by atoms with Crippen molar-refractivity contribution >= 4 is 34.1 Å². The van der Waals surface area contributed by atoms with Crippen molar-refractivity contribution < 1.29 is 4.79 Å². The molecular formula is C26H25N7O. The van der Waals surface area contributed by atoms with Crippen molar-refractivity contribution in [2.24, 2.45) is 0 Å². The number of aromatic nitrogens is 3. The molecule has 0 saturated carbocycles. The van der Waals surface area contributed by atoms with Gasteiger partial charge >= 0.3 is 0 Å². The van der Waals surface area contributed by atoms with Gasteiger partial charge in [-0.1, -0.05) is 24.3 Å². The lowest BCUT2D eigenvalue weighted by molar-refractivity contribution is -0.114. The van der Waals surface area contributed by atoms with Crippen LogP contribution in [0.2, 0.25) is 0 Å². The van der Waals surface area contributed by atoms with E-state index in [0.29, 0.717) is 17.2 Å². The van der Waals surface area contributed by atoms with Crippen LogP contribution >= 0.6 is 0 Å². The fourth-order valence-electron chi connectivity index (χ4n) is 4.52. The van der Waals surface area contributed by atoms with Gasteiger partial charge in [-0.15, -0.1) is 0 Å². The minimum Gasteiger partial charge on any atom is -0.376 e. The van der Waals surface area contributed by atoms with Crippen LogP contribution in [0.1, 0.15) is 29.9 Å². The normalized spacial score (nSPS) is 15.6. The number of carbonyl (C=O) groups is 1. The third-order valence-corrected chi connectivity index (χ3v) is 6.19. The molecule has 1 fully saturated rings. The first kappa shape index (κ1) is 21.5. The molecular weight excluding hydrogens is 426 g/mol. The largest absolute Gasteiger partial charge is 0.376 e. The van der Waals surface area contributed by atoms with Crippen molar-refractivity contribution in [3.05, 3.63) is 78.2 Å². The summed E-state index contributed by atoms with van der Waals surface area (Å²) in [4.78, 5) is 26.8. The molecule has 0 spiro atoms. The fourth-order valence-corrected chi connectivity index (χ4v) is 4.52. The second kappa shape index (κ2) is 9.63. The third-order valence-electron chi connectivity index (χ3n) is 6.19. The van der Waals surface area contributed by atoms with E-state index in [1.165, 1.54) is 5.56 Å². The zero-order valence-corrected chi connectivity index (χ0v) is 18.7. The highest BCUT2D eigenvalue weighted by Gasteiger charge is 2.24. The highest BCUT2D eigenvalue weighted by atomic mass is 16.1. The summed E-state index contributed by atoms with van der Waals surface area (Å²) in [6.45, 7) is 1.97. The van der Waals surface area contributed by atoms with E-state index in [1.54, 1.807) is 30.6 Å². The first-order valence-corrected chi connectivity index (χ1v) is 11.4. The minimum atomic E-state index is -0.198. The van der Waals surface area contributed by atoms with E-state index in [9.17, 15) is 10.1 Å². The molecule has 0 radical (unpaired) electrons. The highest BCUT2D eigenvalue weighted by Crippen LogP contribution is 2.32. The molecule has 4 aromatic rings. The van der Waals surface area contributed by atoms with Gasteiger partial charge in [0.15, 0.2) is 0 Å². The molecule has 5 rings (SSSR count). The number of nitriles is 1. The van der Waals surface area contributed by atoms with Gasteiger partial charge in [0, 0.05) is 30.9 Å². The van der Waals surface area contributed by atoms with Crippen LogP contribution in [-0.4, -0.2) is 40.5 Å². The predicted molar refractivity (Wildman–Crippen MR) is 133 cm³/mol. The molecule has 34 heavy (non-hydrogen) atoms. The number of aromatic amines is 1. The predicted octanol–water partition coefficient (Wildman–Crippen LogP) is 4.26. The Labute approximate surface area is 197 Å². The van der Waals surface area contributed by atoms with Crippen molar-refractivity contribution in [2.45, 2.75) is 18.8 Å². The number of amides is 1. The summed E-state index contributed by atoms with van der Waals surface area (Å²) >= 11 is 0. The Morgan fingerprint density at radius 3 is 3.00 bits per heavy atom. The van der Waals surface area contributed by atoms with Gasteiger partial charge in [-0.25, -0.2) is 9.97 Å². The number of carbonyl (C=O) groups excluding carboxylic acids is 1. The minimum absolute atomic E-state index is 0.117. The summed E-state index contributed by atoms with van der Waals surface area (Å²) < 4.78 is 0. The van der Waals surface area contributed by atoms with E-state index in [1.807, 2.05) is 24.4 Å². The van der Waals surface area contributed by atoms with Crippen molar-refractivity contribution in [2.75, 3.05) is 35.2 Å². The zero-order valence-electron chi connectivity index (χ0n) is 18.7. The Morgan fingerprint density at radius 2 is 2.09 bits per heavy atom. The van der Waals surface area contributed by atoms with E-state index in [4.69, 9.17) is 0 Å². The molecule has 170 valence electrons. The van der Waals surface area contributed by atoms with Crippen LogP contribution < -0.4 is 15.5 Å². The molecule has 3 N–H and O–H groups in total.